The molecule has 2 heterocycles. The highest BCUT2D eigenvalue weighted by Crippen LogP contribution is 2.65. The van der Waals surface area contributed by atoms with Crippen molar-refractivity contribution in [3.63, 3.8) is 0 Å². The number of carbonyl (C=O) groups is 4. The number of halogens is 2. The second-order valence-electron chi connectivity index (χ2n) is 13.4. The van der Waals surface area contributed by atoms with Crippen LogP contribution in [0.1, 0.15) is 35.4 Å². The van der Waals surface area contributed by atoms with Crippen LogP contribution in [0.3, 0.4) is 0 Å². The van der Waals surface area contributed by atoms with E-state index < -0.39 is 64.5 Å². The molecule has 2 saturated heterocycles. The number of nitrogens with one attached hydrogen (secondary N) is 1. The summed E-state index contributed by atoms with van der Waals surface area (Å²) < 4.78 is 19.8. The summed E-state index contributed by atoms with van der Waals surface area (Å²) in [6.07, 6.45) is 1.90. The normalized spacial score (nSPS) is 26.8. The number of carbonyl (C=O) groups excluding carboxylic acids is 4. The molecule has 8 rings (SSSR count). The third kappa shape index (κ3) is 5.10. The Morgan fingerprint density at radius 1 is 0.882 bits per heavy atom. The van der Waals surface area contributed by atoms with Crippen LogP contribution in [0, 0.1) is 29.5 Å². The Hall–Kier alpha value is -5.52. The fourth-order valence-electron chi connectivity index (χ4n) is 8.58. The van der Waals surface area contributed by atoms with Crippen LogP contribution < -0.4 is 10.2 Å². The standard InChI is InChI=1S/C39H31ClFN3O7/c40-23-8-6-22(7-9-23)39-31(36(47)43(38(39)49)42-25-12-10-24(41)11-13-25)19-30-27(16-17-29-33(30)37(48)44(50)35(29)46)34(39)28-15-14-26(18-32(28)45)51-20-21-4-2-1-3-5-21/h1-16,18,29-31,33-34,42,45,50H,17,19-20H2/t29-,30+,31-,33-,34+,39+/m0/s1. The zero-order chi connectivity index (χ0) is 35.6. The fourth-order valence-corrected chi connectivity index (χ4v) is 8.71. The van der Waals surface area contributed by atoms with Gasteiger partial charge in [0.15, 0.2) is 0 Å². The number of rotatable bonds is 7. The van der Waals surface area contributed by atoms with Gasteiger partial charge < -0.3 is 9.84 Å². The first-order valence-electron chi connectivity index (χ1n) is 16.5. The van der Waals surface area contributed by atoms with Gasteiger partial charge in [-0.15, -0.1) is 0 Å². The van der Waals surface area contributed by atoms with Crippen molar-refractivity contribution < 1.29 is 38.6 Å². The van der Waals surface area contributed by atoms with Crippen molar-refractivity contribution in [3.8, 4) is 11.5 Å². The van der Waals surface area contributed by atoms with Crippen LogP contribution in [0.15, 0.2) is 109 Å². The van der Waals surface area contributed by atoms with E-state index in [1.807, 2.05) is 36.4 Å². The molecule has 2 aliphatic carbocycles. The van der Waals surface area contributed by atoms with Gasteiger partial charge in [-0.2, -0.15) is 10.1 Å². The number of benzene rings is 4. The van der Waals surface area contributed by atoms with Crippen LogP contribution in [0.25, 0.3) is 0 Å². The summed E-state index contributed by atoms with van der Waals surface area (Å²) in [7, 11) is 0. The Morgan fingerprint density at radius 2 is 1.61 bits per heavy atom. The molecule has 0 aromatic heterocycles. The Labute approximate surface area is 296 Å². The number of anilines is 1. The second kappa shape index (κ2) is 12.4. The van der Waals surface area contributed by atoms with E-state index in [9.17, 15) is 29.1 Å². The molecule has 51 heavy (non-hydrogen) atoms. The Morgan fingerprint density at radius 3 is 2.31 bits per heavy atom. The van der Waals surface area contributed by atoms with Gasteiger partial charge in [-0.25, -0.2) is 4.39 Å². The topological polar surface area (TPSA) is 136 Å². The van der Waals surface area contributed by atoms with Gasteiger partial charge >= 0.3 is 0 Å². The Kier molecular flexibility index (Phi) is 7.92. The largest absolute Gasteiger partial charge is 0.508 e. The lowest BCUT2D eigenvalue weighted by Gasteiger charge is -2.50. The average Bonchev–Trinajstić information content (AvgIpc) is 3.49. The summed E-state index contributed by atoms with van der Waals surface area (Å²) in [5.74, 6) is -7.75. The van der Waals surface area contributed by atoms with Crippen molar-refractivity contribution in [1.29, 1.82) is 0 Å². The first kappa shape index (κ1) is 32.7. The average molecular weight is 708 g/mol. The van der Waals surface area contributed by atoms with Gasteiger partial charge in [0.25, 0.3) is 23.6 Å². The molecule has 2 aliphatic heterocycles. The maximum atomic E-state index is 15.2. The van der Waals surface area contributed by atoms with E-state index in [-0.39, 0.29) is 35.9 Å². The molecule has 4 aromatic rings. The summed E-state index contributed by atoms with van der Waals surface area (Å²) >= 11 is 6.32. The molecule has 0 bridgehead atoms. The maximum absolute atomic E-state index is 15.2. The number of nitrogens with zero attached hydrogens (tertiary/aromatic N) is 2. The molecule has 1 saturated carbocycles. The predicted molar refractivity (Wildman–Crippen MR) is 182 cm³/mol. The zero-order valence-electron chi connectivity index (χ0n) is 26.9. The minimum Gasteiger partial charge on any atom is -0.508 e. The molecule has 6 atom stereocenters. The number of hydrazine groups is 1. The highest BCUT2D eigenvalue weighted by Gasteiger charge is 2.70. The van der Waals surface area contributed by atoms with Gasteiger partial charge in [0.05, 0.1) is 28.9 Å². The summed E-state index contributed by atoms with van der Waals surface area (Å²) in [4.78, 5) is 56.2. The second-order valence-corrected chi connectivity index (χ2v) is 13.8. The molecular formula is C39H31ClFN3O7. The molecule has 3 N–H and O–H groups in total. The number of imide groups is 2. The minimum atomic E-state index is -1.67. The molecule has 12 heteroatoms. The Balaban J connectivity index is 1.30. The van der Waals surface area contributed by atoms with Gasteiger partial charge in [0, 0.05) is 22.6 Å². The number of allylic oxidation sites excluding steroid dienone is 2. The smallest absolute Gasteiger partial charge is 0.260 e. The predicted octanol–water partition coefficient (Wildman–Crippen LogP) is 6.14. The van der Waals surface area contributed by atoms with Crippen LogP contribution in [0.4, 0.5) is 10.1 Å². The molecule has 10 nitrogen and oxygen atoms in total. The van der Waals surface area contributed by atoms with Crippen molar-refractivity contribution in [2.45, 2.75) is 30.8 Å². The third-order valence-electron chi connectivity index (χ3n) is 10.8. The lowest BCUT2D eigenvalue weighted by Crippen LogP contribution is -2.53. The monoisotopic (exact) mass is 707 g/mol. The SMILES string of the molecule is O=C1[C@H]2[C@H](CC=C3[C@H]2C[C@H]2C(=O)N(Nc4ccc(F)cc4)C(=O)[C@@]2(c2ccc(Cl)cc2)[C@H]3c2ccc(OCc3ccccc3)cc2O)C(=O)N1O. The lowest BCUT2D eigenvalue weighted by molar-refractivity contribution is -0.173. The number of aromatic hydroxyl groups is 1. The maximum Gasteiger partial charge on any atom is 0.260 e. The molecule has 0 radical (unpaired) electrons. The molecule has 258 valence electrons. The van der Waals surface area contributed by atoms with E-state index in [0.29, 0.717) is 27.5 Å². The van der Waals surface area contributed by atoms with Crippen LogP contribution in [-0.4, -0.2) is 44.0 Å². The first-order valence-corrected chi connectivity index (χ1v) is 16.9. The molecule has 4 amide bonds. The fraction of sp³-hybridized carbons (Fsp3) is 0.231. The molecular weight excluding hydrogens is 677 g/mol. The van der Waals surface area contributed by atoms with E-state index >= 15 is 4.79 Å². The van der Waals surface area contributed by atoms with Crippen molar-refractivity contribution in [2.24, 2.45) is 23.7 Å². The molecule has 3 fully saturated rings. The van der Waals surface area contributed by atoms with E-state index in [2.05, 4.69) is 5.43 Å². The number of hydrogen-bond donors (Lipinski definition) is 3. The summed E-state index contributed by atoms with van der Waals surface area (Å²) in [6.45, 7) is 0.237. The van der Waals surface area contributed by atoms with E-state index in [0.717, 1.165) is 10.6 Å². The van der Waals surface area contributed by atoms with Gasteiger partial charge in [-0.05, 0) is 72.4 Å². The first-order chi connectivity index (χ1) is 24.6. The quantitative estimate of drug-likeness (QED) is 0.119. The number of phenols is 1. The van der Waals surface area contributed by atoms with Crippen molar-refractivity contribution in [1.82, 2.24) is 10.1 Å². The van der Waals surface area contributed by atoms with E-state index in [1.165, 1.54) is 30.3 Å². The molecule has 0 spiro atoms. The number of fused-ring (bicyclic) bond motifs is 4. The van der Waals surface area contributed by atoms with Crippen molar-refractivity contribution in [2.75, 3.05) is 5.43 Å². The van der Waals surface area contributed by atoms with Crippen molar-refractivity contribution >= 4 is 40.9 Å². The van der Waals surface area contributed by atoms with Gasteiger partial charge in [-0.1, -0.05) is 71.8 Å². The highest BCUT2D eigenvalue weighted by molar-refractivity contribution is 6.30. The van der Waals surface area contributed by atoms with Crippen LogP contribution >= 0.6 is 11.6 Å². The molecule has 4 aliphatic rings. The van der Waals surface area contributed by atoms with E-state index in [1.54, 1.807) is 36.4 Å². The highest BCUT2D eigenvalue weighted by atomic mass is 35.5. The number of hydroxylamine groups is 2. The molecule has 4 aromatic carbocycles. The summed E-state index contributed by atoms with van der Waals surface area (Å²) in [5.41, 5.74) is 3.76. The van der Waals surface area contributed by atoms with Gasteiger partial charge in [0.1, 0.15) is 23.9 Å². The zero-order valence-corrected chi connectivity index (χ0v) is 27.7. The van der Waals surface area contributed by atoms with Crippen LogP contribution in [0.5, 0.6) is 11.5 Å². The van der Waals surface area contributed by atoms with Gasteiger partial charge in [0.2, 0.25) is 0 Å². The summed E-state index contributed by atoms with van der Waals surface area (Å²) in [5, 5.41) is 23.7. The lowest BCUT2D eigenvalue weighted by atomic mass is 9.49. The number of ether oxygens (including phenoxy) is 1. The number of phenolic OH excluding ortho intramolecular Hbond substituents is 1. The van der Waals surface area contributed by atoms with Crippen molar-refractivity contribution in [3.05, 3.63) is 136 Å². The third-order valence-corrected chi connectivity index (χ3v) is 11.0. The van der Waals surface area contributed by atoms with Crippen LogP contribution in [0.2, 0.25) is 5.02 Å². The van der Waals surface area contributed by atoms with Gasteiger partial charge in [-0.3, -0.25) is 29.8 Å². The minimum absolute atomic E-state index is 0.00973. The number of hydrogen-bond acceptors (Lipinski definition) is 8. The number of amides is 4. The summed E-state index contributed by atoms with van der Waals surface area (Å²) in [6, 6.07) is 26.0. The molecule has 0 unspecified atom stereocenters. The Bertz CT molecular complexity index is 2110. The van der Waals surface area contributed by atoms with E-state index in [4.69, 9.17) is 16.3 Å². The van der Waals surface area contributed by atoms with Crippen LogP contribution in [-0.2, 0) is 31.2 Å².